The van der Waals surface area contributed by atoms with Crippen LogP contribution in [-0.4, -0.2) is 32.3 Å². The maximum atomic E-state index is 12.7. The molecule has 1 aliphatic heterocycles. The topological polar surface area (TPSA) is 64.2 Å². The van der Waals surface area contributed by atoms with Gasteiger partial charge in [-0.05, 0) is 17.2 Å². The van der Waals surface area contributed by atoms with Crippen LogP contribution in [0.2, 0.25) is 0 Å². The molecule has 0 spiro atoms. The predicted molar refractivity (Wildman–Crippen MR) is 109 cm³/mol. The molecule has 5 rings (SSSR count). The van der Waals surface area contributed by atoms with E-state index in [2.05, 4.69) is 46.7 Å². The van der Waals surface area contributed by atoms with E-state index in [0.29, 0.717) is 19.5 Å². The van der Waals surface area contributed by atoms with Gasteiger partial charge in [0.2, 0.25) is 5.91 Å². The third-order valence-electron chi connectivity index (χ3n) is 5.30. The zero-order valence-corrected chi connectivity index (χ0v) is 15.9. The summed E-state index contributed by atoms with van der Waals surface area (Å²) in [6, 6.07) is 20.4. The monoisotopic (exact) mass is 384 g/mol. The molecule has 0 radical (unpaired) electrons. The summed E-state index contributed by atoms with van der Waals surface area (Å²) in [5.74, 6) is 0.918. The second-order valence-electron chi connectivity index (χ2n) is 7.15. The van der Waals surface area contributed by atoms with E-state index in [1.54, 1.807) is 17.1 Å². The van der Waals surface area contributed by atoms with Gasteiger partial charge >= 0.3 is 0 Å². The van der Waals surface area contributed by atoms with Crippen molar-refractivity contribution in [2.45, 2.75) is 19.5 Å². The van der Waals surface area contributed by atoms with E-state index in [1.807, 2.05) is 29.2 Å². The quantitative estimate of drug-likeness (QED) is 0.537. The Bertz CT molecular complexity index is 1120. The summed E-state index contributed by atoms with van der Waals surface area (Å²) in [7, 11) is 0. The van der Waals surface area contributed by atoms with Crippen molar-refractivity contribution in [2.75, 3.05) is 6.54 Å². The lowest BCUT2D eigenvalue weighted by Crippen LogP contribution is -2.37. The molecule has 0 saturated carbocycles. The molecule has 0 atom stereocenters. The van der Waals surface area contributed by atoms with Crippen molar-refractivity contribution in [2.24, 2.45) is 0 Å². The van der Waals surface area contributed by atoms with Crippen LogP contribution in [0.4, 0.5) is 0 Å². The predicted octanol–water partition coefficient (Wildman–Crippen LogP) is 3.79. The summed E-state index contributed by atoms with van der Waals surface area (Å²) in [6.07, 6.45) is 4.15. The standard InChI is InChI=1S/C23H20N4O2/c28-22(16-27-13-4-12-24-27)26-14-11-21-20(15-26)23(25-29-21)19-9-7-18(8-10-19)17-5-2-1-3-6-17/h1-10,12-13H,11,14-16H2. The van der Waals surface area contributed by atoms with Gasteiger partial charge in [-0.3, -0.25) is 9.48 Å². The lowest BCUT2D eigenvalue weighted by Gasteiger charge is -2.26. The highest BCUT2D eigenvalue weighted by molar-refractivity contribution is 5.77. The first-order valence-electron chi connectivity index (χ1n) is 9.66. The molecule has 0 aliphatic carbocycles. The number of carbonyl (C=O) groups is 1. The lowest BCUT2D eigenvalue weighted by molar-refractivity contribution is -0.133. The largest absolute Gasteiger partial charge is 0.360 e. The summed E-state index contributed by atoms with van der Waals surface area (Å²) in [5.41, 5.74) is 5.14. The fourth-order valence-corrected chi connectivity index (χ4v) is 3.73. The molecule has 2 aromatic carbocycles. The van der Waals surface area contributed by atoms with E-state index in [1.165, 1.54) is 5.56 Å². The van der Waals surface area contributed by atoms with Gasteiger partial charge < -0.3 is 9.42 Å². The Morgan fingerprint density at radius 2 is 1.72 bits per heavy atom. The number of nitrogens with zero attached hydrogens (tertiary/aromatic N) is 4. The molecule has 2 aromatic heterocycles. The van der Waals surface area contributed by atoms with Crippen molar-refractivity contribution in [1.29, 1.82) is 0 Å². The Balaban J connectivity index is 1.37. The molecule has 4 aromatic rings. The molecule has 1 amide bonds. The number of hydrogen-bond acceptors (Lipinski definition) is 4. The van der Waals surface area contributed by atoms with Crippen LogP contribution in [0.1, 0.15) is 11.3 Å². The normalized spacial score (nSPS) is 13.3. The van der Waals surface area contributed by atoms with Gasteiger partial charge in [0.15, 0.2) is 0 Å². The molecule has 29 heavy (non-hydrogen) atoms. The highest BCUT2D eigenvalue weighted by Crippen LogP contribution is 2.31. The van der Waals surface area contributed by atoms with Crippen molar-refractivity contribution >= 4 is 5.91 Å². The van der Waals surface area contributed by atoms with E-state index in [0.717, 1.165) is 28.1 Å². The zero-order valence-electron chi connectivity index (χ0n) is 15.9. The van der Waals surface area contributed by atoms with Gasteiger partial charge in [-0.2, -0.15) is 5.10 Å². The maximum absolute atomic E-state index is 12.7. The van der Waals surface area contributed by atoms with Gasteiger partial charge in [-0.15, -0.1) is 0 Å². The van der Waals surface area contributed by atoms with Crippen LogP contribution in [0.3, 0.4) is 0 Å². The molecular weight excluding hydrogens is 364 g/mol. The Morgan fingerprint density at radius 1 is 0.966 bits per heavy atom. The smallest absolute Gasteiger partial charge is 0.244 e. The fraction of sp³-hybridized carbons (Fsp3) is 0.174. The molecular formula is C23H20N4O2. The third-order valence-corrected chi connectivity index (χ3v) is 5.30. The summed E-state index contributed by atoms with van der Waals surface area (Å²) in [6.45, 7) is 1.39. The van der Waals surface area contributed by atoms with Crippen LogP contribution in [0.15, 0.2) is 77.6 Å². The molecule has 1 aliphatic rings. The molecule has 0 N–H and O–H groups in total. The highest BCUT2D eigenvalue weighted by atomic mass is 16.5. The number of rotatable bonds is 4. The van der Waals surface area contributed by atoms with Crippen LogP contribution < -0.4 is 0 Å². The minimum absolute atomic E-state index is 0.0472. The molecule has 0 saturated heterocycles. The molecule has 6 heteroatoms. The van der Waals surface area contributed by atoms with Crippen molar-refractivity contribution in [1.82, 2.24) is 19.8 Å². The van der Waals surface area contributed by atoms with E-state index in [9.17, 15) is 4.79 Å². The van der Waals surface area contributed by atoms with Crippen LogP contribution in [0, 0.1) is 0 Å². The van der Waals surface area contributed by atoms with Crippen LogP contribution in [-0.2, 0) is 24.3 Å². The minimum Gasteiger partial charge on any atom is -0.360 e. The van der Waals surface area contributed by atoms with Crippen LogP contribution >= 0.6 is 0 Å². The second-order valence-corrected chi connectivity index (χ2v) is 7.15. The fourth-order valence-electron chi connectivity index (χ4n) is 3.73. The maximum Gasteiger partial charge on any atom is 0.244 e. The molecule has 6 nitrogen and oxygen atoms in total. The number of amides is 1. The first kappa shape index (κ1) is 17.4. The third kappa shape index (κ3) is 3.45. The van der Waals surface area contributed by atoms with Gasteiger partial charge in [-0.1, -0.05) is 59.8 Å². The molecule has 144 valence electrons. The lowest BCUT2D eigenvalue weighted by atomic mass is 9.99. The Morgan fingerprint density at radius 3 is 2.48 bits per heavy atom. The van der Waals surface area contributed by atoms with Crippen molar-refractivity contribution in [3.05, 3.63) is 84.4 Å². The van der Waals surface area contributed by atoms with Crippen molar-refractivity contribution in [3.8, 4) is 22.4 Å². The van der Waals surface area contributed by atoms with Gasteiger partial charge in [-0.25, -0.2) is 0 Å². The van der Waals surface area contributed by atoms with Gasteiger partial charge in [0, 0.05) is 36.5 Å². The van der Waals surface area contributed by atoms with E-state index < -0.39 is 0 Å². The van der Waals surface area contributed by atoms with Gasteiger partial charge in [0.25, 0.3) is 0 Å². The summed E-state index contributed by atoms with van der Waals surface area (Å²) in [4.78, 5) is 14.5. The summed E-state index contributed by atoms with van der Waals surface area (Å²) >= 11 is 0. The van der Waals surface area contributed by atoms with Crippen LogP contribution in [0.5, 0.6) is 0 Å². The Hall–Kier alpha value is -3.67. The molecule has 0 bridgehead atoms. The minimum atomic E-state index is 0.0472. The van der Waals surface area contributed by atoms with Crippen molar-refractivity contribution in [3.63, 3.8) is 0 Å². The zero-order chi connectivity index (χ0) is 19.6. The van der Waals surface area contributed by atoms with E-state index >= 15 is 0 Å². The Kier molecular flexibility index (Phi) is 4.44. The number of hydrogen-bond donors (Lipinski definition) is 0. The van der Waals surface area contributed by atoms with Crippen LogP contribution in [0.25, 0.3) is 22.4 Å². The van der Waals surface area contributed by atoms with Gasteiger partial charge in [0.05, 0.1) is 6.54 Å². The van der Waals surface area contributed by atoms with E-state index in [4.69, 9.17) is 4.52 Å². The summed E-state index contributed by atoms with van der Waals surface area (Å²) in [5, 5.41) is 8.43. The average molecular weight is 384 g/mol. The van der Waals surface area contributed by atoms with Crippen molar-refractivity contribution < 1.29 is 9.32 Å². The molecule has 3 heterocycles. The number of aromatic nitrogens is 3. The number of benzene rings is 2. The number of fused-ring (bicyclic) bond motifs is 1. The van der Waals surface area contributed by atoms with Gasteiger partial charge in [0.1, 0.15) is 18.0 Å². The Labute approximate surface area is 168 Å². The SMILES string of the molecule is O=C(Cn1cccn1)N1CCc2onc(-c3ccc(-c4ccccc4)cc3)c2C1. The second kappa shape index (κ2) is 7.39. The average Bonchev–Trinajstić information content (AvgIpc) is 3.44. The summed E-state index contributed by atoms with van der Waals surface area (Å²) < 4.78 is 7.23. The first-order valence-corrected chi connectivity index (χ1v) is 9.66. The van der Waals surface area contributed by atoms with E-state index in [-0.39, 0.29) is 12.5 Å². The first-order chi connectivity index (χ1) is 14.3. The number of carbonyl (C=O) groups excluding carboxylic acids is 1. The molecule has 0 fully saturated rings. The molecule has 0 unspecified atom stereocenters. The highest BCUT2D eigenvalue weighted by Gasteiger charge is 2.27.